The van der Waals surface area contributed by atoms with Gasteiger partial charge in [0.15, 0.2) is 5.78 Å². The Morgan fingerprint density at radius 2 is 2.26 bits per heavy atom. The Morgan fingerprint density at radius 1 is 1.47 bits per heavy atom. The predicted molar refractivity (Wildman–Crippen MR) is 73.8 cm³/mol. The molecule has 0 aromatic carbocycles. The van der Waals surface area contributed by atoms with E-state index in [1.54, 1.807) is 6.08 Å². The maximum Gasteiger partial charge on any atom is 0.246 e. The van der Waals surface area contributed by atoms with E-state index in [0.29, 0.717) is 19.6 Å². The lowest BCUT2D eigenvalue weighted by Crippen LogP contribution is -2.35. The van der Waals surface area contributed by atoms with Crippen molar-refractivity contribution in [3.8, 4) is 0 Å². The van der Waals surface area contributed by atoms with Gasteiger partial charge in [-0.1, -0.05) is 6.92 Å². The third-order valence-corrected chi connectivity index (χ3v) is 3.35. The van der Waals surface area contributed by atoms with Crippen LogP contribution in [0.1, 0.15) is 46.0 Å². The molecule has 19 heavy (non-hydrogen) atoms. The van der Waals surface area contributed by atoms with Crippen LogP contribution in [0.3, 0.4) is 0 Å². The van der Waals surface area contributed by atoms with Gasteiger partial charge in [-0.15, -0.1) is 0 Å². The molecule has 0 aliphatic carbocycles. The van der Waals surface area contributed by atoms with Crippen LogP contribution in [0, 0.1) is 0 Å². The van der Waals surface area contributed by atoms with Gasteiger partial charge in [0.2, 0.25) is 10.5 Å². The summed E-state index contributed by atoms with van der Waals surface area (Å²) >= 11 is 0. The van der Waals surface area contributed by atoms with E-state index >= 15 is 0 Å². The van der Waals surface area contributed by atoms with Gasteiger partial charge in [0, 0.05) is 25.7 Å². The van der Waals surface area contributed by atoms with E-state index in [0.717, 1.165) is 31.4 Å². The van der Waals surface area contributed by atoms with Crippen molar-refractivity contribution in [1.82, 2.24) is 0 Å². The summed E-state index contributed by atoms with van der Waals surface area (Å²) in [5, 5.41) is 0. The Hall–Kier alpha value is -0.653. The summed E-state index contributed by atoms with van der Waals surface area (Å²) in [7, 11) is 2.97. The summed E-state index contributed by atoms with van der Waals surface area (Å²) in [5.41, 5.74) is 0. The summed E-state index contributed by atoms with van der Waals surface area (Å²) in [6, 6.07) is 0. The molecule has 0 spiro atoms. The second-order valence-corrected chi connectivity index (χ2v) is 4.93. The van der Waals surface area contributed by atoms with Crippen molar-refractivity contribution in [2.24, 2.45) is 0 Å². The fraction of sp³-hybridized carbons (Fsp3) is 0.786. The van der Waals surface area contributed by atoms with Gasteiger partial charge < -0.3 is 13.9 Å². The molecule has 3 radical (unpaired) electrons. The zero-order valence-electron chi connectivity index (χ0n) is 11.8. The van der Waals surface area contributed by atoms with Crippen LogP contribution in [0.15, 0.2) is 11.8 Å². The lowest BCUT2D eigenvalue weighted by molar-refractivity contribution is -0.124. The minimum absolute atomic E-state index is 0.00299. The molecule has 0 aromatic rings. The van der Waals surface area contributed by atoms with E-state index in [-0.39, 0.29) is 18.0 Å². The molecule has 0 fully saturated rings. The fourth-order valence-corrected chi connectivity index (χ4v) is 2.37. The Bertz CT molecular complexity index is 304. The molecular weight excluding hydrogens is 260 g/mol. The van der Waals surface area contributed by atoms with Crippen molar-refractivity contribution in [1.29, 1.82) is 0 Å². The third-order valence-electron chi connectivity index (χ3n) is 3.14. The second kappa shape index (κ2) is 9.28. The molecule has 0 saturated carbocycles. The van der Waals surface area contributed by atoms with Gasteiger partial charge in [-0.2, -0.15) is 0 Å². The number of carbonyl (C=O) groups excluding carboxylic acids is 1. The normalized spacial score (nSPS) is 20.9. The topological polar surface area (TPSA) is 44.8 Å². The molecule has 4 nitrogen and oxygen atoms in total. The number of allylic oxidation sites excluding steroid dienone is 2. The molecule has 1 aliphatic heterocycles. The number of rotatable bonds is 9. The summed E-state index contributed by atoms with van der Waals surface area (Å²) in [6.45, 7) is 5.33. The molecule has 0 N–H and O–H groups in total. The van der Waals surface area contributed by atoms with Crippen molar-refractivity contribution in [3.63, 3.8) is 0 Å². The fourth-order valence-electron chi connectivity index (χ4n) is 2.22. The molecule has 1 heterocycles. The van der Waals surface area contributed by atoms with Crippen molar-refractivity contribution in [2.75, 3.05) is 13.2 Å². The highest BCUT2D eigenvalue weighted by Gasteiger charge is 2.28. The molecule has 0 bridgehead atoms. The lowest BCUT2D eigenvalue weighted by atomic mass is 10.0. The standard InChI is InChI=1S/C14H23O4Si/c1-3-13(16-4-2)14-10-11(15)9-12(18-14)7-5-6-8-17-19/h9,13-14H,3-8,10H2,1-2H3. The number of hydrogen-bond donors (Lipinski definition) is 0. The van der Waals surface area contributed by atoms with Crippen molar-refractivity contribution in [2.45, 2.75) is 58.2 Å². The zero-order valence-corrected chi connectivity index (χ0v) is 12.8. The SMILES string of the molecule is CCOC(CC)C1CC(=O)C=C(CCCCO[Si])O1. The maximum atomic E-state index is 11.8. The van der Waals surface area contributed by atoms with Gasteiger partial charge in [-0.3, -0.25) is 4.79 Å². The van der Waals surface area contributed by atoms with Gasteiger partial charge in [0.1, 0.15) is 11.9 Å². The quantitative estimate of drug-likeness (QED) is 0.481. The van der Waals surface area contributed by atoms with E-state index in [4.69, 9.17) is 13.9 Å². The van der Waals surface area contributed by atoms with Gasteiger partial charge in [0.05, 0.1) is 12.5 Å². The summed E-state index contributed by atoms with van der Waals surface area (Å²) in [4.78, 5) is 11.8. The highest BCUT2D eigenvalue weighted by atomic mass is 28.2. The average molecular weight is 283 g/mol. The van der Waals surface area contributed by atoms with Crippen LogP contribution in [0.2, 0.25) is 0 Å². The molecule has 5 heteroatoms. The summed E-state index contributed by atoms with van der Waals surface area (Å²) < 4.78 is 16.4. The van der Waals surface area contributed by atoms with E-state index < -0.39 is 0 Å². The highest BCUT2D eigenvalue weighted by Crippen LogP contribution is 2.24. The Labute approximate surface area is 119 Å². The molecule has 2 unspecified atom stereocenters. The monoisotopic (exact) mass is 283 g/mol. The number of carbonyl (C=O) groups is 1. The molecule has 107 valence electrons. The van der Waals surface area contributed by atoms with Crippen molar-refractivity contribution >= 4 is 16.3 Å². The largest absolute Gasteiger partial charge is 0.491 e. The van der Waals surface area contributed by atoms with Crippen LogP contribution in [-0.2, 0) is 18.7 Å². The Balaban J connectivity index is 2.47. The highest BCUT2D eigenvalue weighted by molar-refractivity contribution is 5.97. The van der Waals surface area contributed by atoms with Gasteiger partial charge in [0.25, 0.3) is 0 Å². The zero-order chi connectivity index (χ0) is 14.1. The molecule has 0 aromatic heterocycles. The molecule has 0 saturated heterocycles. The number of hydrogen-bond acceptors (Lipinski definition) is 4. The number of ether oxygens (including phenoxy) is 2. The van der Waals surface area contributed by atoms with Crippen LogP contribution in [0.5, 0.6) is 0 Å². The minimum atomic E-state index is -0.135. The van der Waals surface area contributed by atoms with Gasteiger partial charge >= 0.3 is 0 Å². The van der Waals surface area contributed by atoms with Crippen LogP contribution >= 0.6 is 0 Å². The number of ketones is 1. The van der Waals surface area contributed by atoms with Crippen molar-refractivity contribution < 1.29 is 18.7 Å². The Kier molecular flexibility index (Phi) is 8.01. The average Bonchev–Trinajstić information content (AvgIpc) is 2.40. The van der Waals surface area contributed by atoms with Crippen LogP contribution in [0.4, 0.5) is 0 Å². The van der Waals surface area contributed by atoms with E-state index in [1.165, 1.54) is 0 Å². The van der Waals surface area contributed by atoms with Crippen LogP contribution in [-0.4, -0.2) is 41.7 Å². The van der Waals surface area contributed by atoms with Crippen LogP contribution < -0.4 is 0 Å². The first kappa shape index (κ1) is 16.4. The molecular formula is C14H23O4Si. The Morgan fingerprint density at radius 3 is 2.89 bits per heavy atom. The first-order valence-corrected chi connectivity index (χ1v) is 7.42. The minimum Gasteiger partial charge on any atom is -0.491 e. The summed E-state index contributed by atoms with van der Waals surface area (Å²) in [6.07, 6.45) is 5.44. The van der Waals surface area contributed by atoms with Gasteiger partial charge in [-0.05, 0) is 26.2 Å². The molecule has 1 aliphatic rings. The third kappa shape index (κ3) is 5.89. The lowest BCUT2D eigenvalue weighted by Gasteiger charge is -2.30. The smallest absolute Gasteiger partial charge is 0.246 e. The van der Waals surface area contributed by atoms with E-state index in [1.807, 2.05) is 6.92 Å². The first-order chi connectivity index (χ1) is 9.21. The van der Waals surface area contributed by atoms with E-state index in [2.05, 4.69) is 17.4 Å². The second-order valence-electron chi connectivity index (χ2n) is 4.65. The predicted octanol–water partition coefficient (Wildman–Crippen LogP) is 2.31. The summed E-state index contributed by atoms with van der Waals surface area (Å²) in [5.74, 6) is 0.925. The van der Waals surface area contributed by atoms with Gasteiger partial charge in [-0.25, -0.2) is 0 Å². The number of unbranched alkanes of at least 4 members (excludes halogenated alkanes) is 1. The first-order valence-electron chi connectivity index (χ1n) is 7.01. The van der Waals surface area contributed by atoms with Crippen LogP contribution in [0.25, 0.3) is 0 Å². The maximum absolute atomic E-state index is 11.8. The molecule has 0 amide bonds. The van der Waals surface area contributed by atoms with E-state index in [9.17, 15) is 4.79 Å². The molecule has 1 rings (SSSR count). The van der Waals surface area contributed by atoms with Crippen molar-refractivity contribution in [3.05, 3.63) is 11.8 Å². The molecule has 2 atom stereocenters.